The van der Waals surface area contributed by atoms with Crippen molar-refractivity contribution < 1.29 is 9.47 Å². The predicted octanol–water partition coefficient (Wildman–Crippen LogP) is 3.62. The van der Waals surface area contributed by atoms with Gasteiger partial charge in [-0.3, -0.25) is 4.90 Å². The molecule has 1 aliphatic rings. The second-order valence-electron chi connectivity index (χ2n) is 6.79. The fraction of sp³-hybridized carbons (Fsp3) is 0.333. The van der Waals surface area contributed by atoms with Crippen molar-refractivity contribution in [2.75, 3.05) is 45.3 Å². The Balaban J connectivity index is 1.57. The molecule has 0 saturated carbocycles. The number of anilines is 1. The molecule has 0 N–H and O–H groups in total. The summed E-state index contributed by atoms with van der Waals surface area (Å²) in [5.41, 5.74) is 2.09. The highest BCUT2D eigenvalue weighted by atomic mass is 35.5. The highest BCUT2D eigenvalue weighted by Crippen LogP contribution is 2.36. The lowest BCUT2D eigenvalue weighted by molar-refractivity contribution is 0.249. The van der Waals surface area contributed by atoms with E-state index in [9.17, 15) is 0 Å². The van der Waals surface area contributed by atoms with Gasteiger partial charge in [0.15, 0.2) is 11.5 Å². The van der Waals surface area contributed by atoms with Crippen LogP contribution in [0.25, 0.3) is 10.9 Å². The average Bonchev–Trinajstić information content (AvgIpc) is 2.73. The van der Waals surface area contributed by atoms with Gasteiger partial charge >= 0.3 is 0 Å². The van der Waals surface area contributed by atoms with Gasteiger partial charge in [0, 0.05) is 44.2 Å². The van der Waals surface area contributed by atoms with Crippen LogP contribution in [-0.4, -0.2) is 55.3 Å². The van der Waals surface area contributed by atoms with Crippen molar-refractivity contribution in [3.05, 3.63) is 53.3 Å². The van der Waals surface area contributed by atoms with Gasteiger partial charge in [0.2, 0.25) is 5.28 Å². The summed E-state index contributed by atoms with van der Waals surface area (Å²) >= 11 is 6.22. The molecule has 1 aromatic heterocycles. The first-order valence-corrected chi connectivity index (χ1v) is 9.66. The molecule has 1 aliphatic heterocycles. The fourth-order valence-corrected chi connectivity index (χ4v) is 3.78. The number of methoxy groups -OCH3 is 2. The third kappa shape index (κ3) is 3.84. The molecule has 7 heteroatoms. The fourth-order valence-electron chi connectivity index (χ4n) is 3.61. The summed E-state index contributed by atoms with van der Waals surface area (Å²) in [7, 11) is 3.24. The number of piperazine rings is 1. The Morgan fingerprint density at radius 2 is 1.61 bits per heavy atom. The molecule has 0 aliphatic carbocycles. The number of nitrogens with zero attached hydrogens (tertiary/aromatic N) is 4. The van der Waals surface area contributed by atoms with Crippen LogP contribution < -0.4 is 14.4 Å². The quantitative estimate of drug-likeness (QED) is 0.612. The minimum Gasteiger partial charge on any atom is -0.493 e. The molecule has 0 bridgehead atoms. The molecule has 28 heavy (non-hydrogen) atoms. The molecule has 0 atom stereocenters. The second kappa shape index (κ2) is 8.20. The van der Waals surface area contributed by atoms with Gasteiger partial charge in [0.05, 0.1) is 19.7 Å². The van der Waals surface area contributed by atoms with Crippen LogP contribution in [0, 0.1) is 0 Å². The molecule has 2 aromatic carbocycles. The molecule has 0 spiro atoms. The average molecular weight is 399 g/mol. The van der Waals surface area contributed by atoms with Crippen LogP contribution in [0.1, 0.15) is 5.56 Å². The first-order chi connectivity index (χ1) is 13.7. The largest absolute Gasteiger partial charge is 0.493 e. The topological polar surface area (TPSA) is 50.7 Å². The number of fused-ring (bicyclic) bond motifs is 1. The van der Waals surface area contributed by atoms with Gasteiger partial charge in [0.1, 0.15) is 5.82 Å². The van der Waals surface area contributed by atoms with Gasteiger partial charge in [0.25, 0.3) is 0 Å². The maximum Gasteiger partial charge on any atom is 0.224 e. The molecular weight excluding hydrogens is 376 g/mol. The molecule has 0 unspecified atom stereocenters. The number of aromatic nitrogens is 2. The monoisotopic (exact) mass is 398 g/mol. The Bertz CT molecular complexity index is 960. The summed E-state index contributed by atoms with van der Waals surface area (Å²) in [5, 5.41) is 1.15. The van der Waals surface area contributed by atoms with Gasteiger partial charge < -0.3 is 14.4 Å². The van der Waals surface area contributed by atoms with Gasteiger partial charge in [-0.1, -0.05) is 30.3 Å². The Morgan fingerprint density at radius 1 is 0.929 bits per heavy atom. The first kappa shape index (κ1) is 18.8. The molecule has 4 rings (SSSR count). The van der Waals surface area contributed by atoms with Crippen molar-refractivity contribution in [1.29, 1.82) is 0 Å². The van der Waals surface area contributed by atoms with Crippen LogP contribution in [0.4, 0.5) is 5.82 Å². The van der Waals surface area contributed by atoms with E-state index in [2.05, 4.69) is 50.1 Å². The number of rotatable bonds is 5. The molecule has 146 valence electrons. The molecule has 6 nitrogen and oxygen atoms in total. The van der Waals surface area contributed by atoms with Crippen LogP contribution in [0.15, 0.2) is 42.5 Å². The van der Waals surface area contributed by atoms with E-state index in [0.29, 0.717) is 11.5 Å². The summed E-state index contributed by atoms with van der Waals surface area (Å²) in [6.45, 7) is 4.65. The van der Waals surface area contributed by atoms with Crippen LogP contribution >= 0.6 is 11.6 Å². The number of hydrogen-bond donors (Lipinski definition) is 0. The van der Waals surface area contributed by atoms with E-state index in [1.807, 2.05) is 12.1 Å². The number of halogens is 1. The lowest BCUT2D eigenvalue weighted by atomic mass is 10.1. The Labute approximate surface area is 169 Å². The number of benzene rings is 2. The van der Waals surface area contributed by atoms with E-state index in [1.165, 1.54) is 5.56 Å². The first-order valence-electron chi connectivity index (χ1n) is 9.28. The summed E-state index contributed by atoms with van der Waals surface area (Å²) in [6.07, 6.45) is 0. The van der Waals surface area contributed by atoms with E-state index in [-0.39, 0.29) is 5.28 Å². The molecule has 1 fully saturated rings. The number of ether oxygens (including phenoxy) is 2. The van der Waals surface area contributed by atoms with E-state index in [1.54, 1.807) is 14.2 Å². The Kier molecular flexibility index (Phi) is 5.50. The Morgan fingerprint density at radius 3 is 2.29 bits per heavy atom. The van der Waals surface area contributed by atoms with Crippen LogP contribution in [0.3, 0.4) is 0 Å². The summed E-state index contributed by atoms with van der Waals surface area (Å²) < 4.78 is 10.9. The zero-order chi connectivity index (χ0) is 19.5. The van der Waals surface area contributed by atoms with E-state index < -0.39 is 0 Å². The van der Waals surface area contributed by atoms with Crippen molar-refractivity contribution in [1.82, 2.24) is 14.9 Å². The second-order valence-corrected chi connectivity index (χ2v) is 7.13. The van der Waals surface area contributed by atoms with E-state index in [4.69, 9.17) is 21.1 Å². The number of hydrogen-bond acceptors (Lipinski definition) is 6. The SMILES string of the molecule is COc1cc2nc(Cl)nc(N3CCN(Cc4ccccc4)CC3)c2cc1OC. The summed E-state index contributed by atoms with van der Waals surface area (Å²) in [4.78, 5) is 13.6. The minimum absolute atomic E-state index is 0.237. The standard InChI is InChI=1S/C21H23ClN4O2/c1-27-18-12-16-17(13-19(18)28-2)23-21(22)24-20(16)26-10-8-25(9-11-26)14-15-6-4-3-5-7-15/h3-7,12-13H,8-11,14H2,1-2H3. The van der Waals surface area contributed by atoms with Crippen molar-refractivity contribution in [3.8, 4) is 11.5 Å². The van der Waals surface area contributed by atoms with Gasteiger partial charge in [-0.2, -0.15) is 4.98 Å². The van der Waals surface area contributed by atoms with Gasteiger partial charge in [-0.05, 0) is 23.2 Å². The van der Waals surface area contributed by atoms with Crippen LogP contribution in [0.5, 0.6) is 11.5 Å². The van der Waals surface area contributed by atoms with Crippen molar-refractivity contribution >= 4 is 28.3 Å². The highest BCUT2D eigenvalue weighted by molar-refractivity contribution is 6.28. The normalized spacial score (nSPS) is 15.0. The third-order valence-electron chi connectivity index (χ3n) is 5.07. The minimum atomic E-state index is 0.237. The zero-order valence-corrected chi connectivity index (χ0v) is 16.8. The van der Waals surface area contributed by atoms with Crippen molar-refractivity contribution in [2.24, 2.45) is 0 Å². The lowest BCUT2D eigenvalue weighted by Crippen LogP contribution is -2.46. The van der Waals surface area contributed by atoms with E-state index in [0.717, 1.165) is 49.4 Å². The Hall–Kier alpha value is -2.57. The molecule has 0 amide bonds. The highest BCUT2D eigenvalue weighted by Gasteiger charge is 2.22. The zero-order valence-electron chi connectivity index (χ0n) is 16.1. The lowest BCUT2D eigenvalue weighted by Gasteiger charge is -2.35. The third-order valence-corrected chi connectivity index (χ3v) is 5.24. The molecule has 3 aromatic rings. The molecule has 2 heterocycles. The maximum atomic E-state index is 6.22. The molecule has 0 radical (unpaired) electrons. The van der Waals surface area contributed by atoms with Crippen LogP contribution in [-0.2, 0) is 6.54 Å². The summed E-state index contributed by atoms with van der Waals surface area (Å²) in [5.74, 6) is 2.13. The van der Waals surface area contributed by atoms with Crippen molar-refractivity contribution in [2.45, 2.75) is 6.54 Å². The molecule has 1 saturated heterocycles. The molecular formula is C21H23ClN4O2. The van der Waals surface area contributed by atoms with Crippen molar-refractivity contribution in [3.63, 3.8) is 0 Å². The predicted molar refractivity (Wildman–Crippen MR) is 112 cm³/mol. The van der Waals surface area contributed by atoms with Crippen LogP contribution in [0.2, 0.25) is 5.28 Å². The van der Waals surface area contributed by atoms with Gasteiger partial charge in [-0.25, -0.2) is 4.98 Å². The maximum absolute atomic E-state index is 6.22. The van der Waals surface area contributed by atoms with Gasteiger partial charge in [-0.15, -0.1) is 0 Å². The van der Waals surface area contributed by atoms with E-state index >= 15 is 0 Å². The smallest absolute Gasteiger partial charge is 0.224 e. The summed E-state index contributed by atoms with van der Waals surface area (Å²) in [6, 6.07) is 14.3.